The predicted octanol–water partition coefficient (Wildman–Crippen LogP) is 3.77. The number of benzene rings is 2. The number of carbonyl (C=O) groups excluding carboxylic acids is 2. The van der Waals surface area contributed by atoms with Crippen LogP contribution in [0.5, 0.6) is 5.75 Å². The average Bonchev–Trinajstić information content (AvgIpc) is 2.62. The maximum atomic E-state index is 12.1. The van der Waals surface area contributed by atoms with E-state index in [9.17, 15) is 9.59 Å². The lowest BCUT2D eigenvalue weighted by Crippen LogP contribution is -2.42. The molecule has 0 aliphatic rings. The minimum absolute atomic E-state index is 0.153. The van der Waals surface area contributed by atoms with Crippen molar-refractivity contribution in [1.29, 1.82) is 0 Å². The highest BCUT2D eigenvalue weighted by atomic mass is 35.5. The molecule has 0 fully saturated rings. The second-order valence-electron chi connectivity index (χ2n) is 6.36. The van der Waals surface area contributed by atoms with Crippen molar-refractivity contribution in [2.45, 2.75) is 26.7 Å². The Hall–Kier alpha value is -2.53. The van der Waals surface area contributed by atoms with Crippen molar-refractivity contribution in [1.82, 2.24) is 10.9 Å². The van der Waals surface area contributed by atoms with Gasteiger partial charge in [0.25, 0.3) is 5.91 Å². The lowest BCUT2D eigenvalue weighted by molar-refractivity contribution is -0.121. The Balaban J connectivity index is 1.78. The molecule has 2 amide bonds. The van der Waals surface area contributed by atoms with Crippen LogP contribution in [0.4, 0.5) is 0 Å². The molecule has 2 aromatic rings. The van der Waals surface area contributed by atoms with Gasteiger partial charge in [-0.2, -0.15) is 0 Å². The van der Waals surface area contributed by atoms with Gasteiger partial charge in [0.15, 0.2) is 0 Å². The molecule has 0 radical (unpaired) electrons. The van der Waals surface area contributed by atoms with Crippen molar-refractivity contribution in [3.8, 4) is 5.75 Å². The topological polar surface area (TPSA) is 67.4 Å². The molecule has 0 saturated carbocycles. The van der Waals surface area contributed by atoms with E-state index in [1.54, 1.807) is 48.5 Å². The summed E-state index contributed by atoms with van der Waals surface area (Å²) in [6.45, 7) is 4.92. The molecule has 5 nitrogen and oxygen atoms in total. The lowest BCUT2D eigenvalue weighted by atomic mass is 10.1. The third kappa shape index (κ3) is 6.76. The van der Waals surface area contributed by atoms with Crippen LogP contribution in [0.3, 0.4) is 0 Å². The summed E-state index contributed by atoms with van der Waals surface area (Å²) in [7, 11) is 0. The van der Waals surface area contributed by atoms with E-state index in [2.05, 4.69) is 24.7 Å². The third-order valence-corrected chi connectivity index (χ3v) is 3.93. The predicted molar refractivity (Wildman–Crippen MR) is 102 cm³/mol. The SMILES string of the molecule is CC(C)CCOc1ccc(C(=O)NNC(=O)Cc2ccc(Cl)cc2)cc1. The first-order valence-electron chi connectivity index (χ1n) is 8.50. The molecule has 0 aliphatic heterocycles. The third-order valence-electron chi connectivity index (χ3n) is 3.67. The standard InChI is InChI=1S/C20H23ClN2O3/c1-14(2)11-12-26-18-9-5-16(6-10-18)20(25)23-22-19(24)13-15-3-7-17(21)8-4-15/h3-10,14H,11-13H2,1-2H3,(H,22,24)(H,23,25). The monoisotopic (exact) mass is 374 g/mol. The Labute approximate surface area is 158 Å². The number of amides is 2. The van der Waals surface area contributed by atoms with E-state index in [4.69, 9.17) is 16.3 Å². The van der Waals surface area contributed by atoms with E-state index >= 15 is 0 Å². The average molecular weight is 375 g/mol. The fourth-order valence-corrected chi connectivity index (χ4v) is 2.27. The van der Waals surface area contributed by atoms with Gasteiger partial charge in [0.1, 0.15) is 5.75 Å². The van der Waals surface area contributed by atoms with Crippen LogP contribution in [-0.4, -0.2) is 18.4 Å². The summed E-state index contributed by atoms with van der Waals surface area (Å²) >= 11 is 5.81. The smallest absolute Gasteiger partial charge is 0.269 e. The minimum Gasteiger partial charge on any atom is -0.494 e. The zero-order valence-electron chi connectivity index (χ0n) is 14.9. The molecule has 2 rings (SSSR count). The van der Waals surface area contributed by atoms with Crippen molar-refractivity contribution in [3.63, 3.8) is 0 Å². The van der Waals surface area contributed by atoms with E-state index in [0.29, 0.717) is 28.9 Å². The highest BCUT2D eigenvalue weighted by molar-refractivity contribution is 6.30. The quantitative estimate of drug-likeness (QED) is 0.725. The number of hydrazine groups is 1. The summed E-state index contributed by atoms with van der Waals surface area (Å²) in [6, 6.07) is 13.8. The van der Waals surface area contributed by atoms with E-state index in [1.807, 2.05) is 0 Å². The second kappa shape index (κ2) is 9.82. The summed E-state index contributed by atoms with van der Waals surface area (Å²) in [5.41, 5.74) is 6.05. The molecule has 2 N–H and O–H groups in total. The first kappa shape index (κ1) is 19.8. The number of hydrogen-bond acceptors (Lipinski definition) is 3. The summed E-state index contributed by atoms with van der Waals surface area (Å²) in [6.07, 6.45) is 1.13. The second-order valence-corrected chi connectivity index (χ2v) is 6.80. The van der Waals surface area contributed by atoms with Crippen LogP contribution in [0.15, 0.2) is 48.5 Å². The maximum absolute atomic E-state index is 12.1. The summed E-state index contributed by atoms with van der Waals surface area (Å²) in [4.78, 5) is 24.0. The van der Waals surface area contributed by atoms with Gasteiger partial charge in [-0.1, -0.05) is 37.6 Å². The molecule has 0 atom stereocenters. The Kier molecular flexibility index (Phi) is 7.48. The van der Waals surface area contributed by atoms with Crippen LogP contribution in [0.1, 0.15) is 36.2 Å². The van der Waals surface area contributed by atoms with Crippen molar-refractivity contribution in [2.24, 2.45) is 5.92 Å². The number of hydrogen-bond donors (Lipinski definition) is 2. The van der Waals surface area contributed by atoms with E-state index in [0.717, 1.165) is 12.0 Å². The first-order chi connectivity index (χ1) is 12.4. The van der Waals surface area contributed by atoms with E-state index < -0.39 is 0 Å². The Morgan fingerprint density at radius 3 is 2.27 bits per heavy atom. The van der Waals surface area contributed by atoms with Gasteiger partial charge in [-0.05, 0) is 54.3 Å². The highest BCUT2D eigenvalue weighted by Crippen LogP contribution is 2.13. The molecule has 2 aromatic carbocycles. The van der Waals surface area contributed by atoms with Crippen molar-refractivity contribution in [2.75, 3.05) is 6.61 Å². The molecule has 0 heterocycles. The van der Waals surface area contributed by atoms with E-state index in [1.165, 1.54) is 0 Å². The van der Waals surface area contributed by atoms with Crippen LogP contribution < -0.4 is 15.6 Å². The highest BCUT2D eigenvalue weighted by Gasteiger charge is 2.08. The number of ether oxygens (including phenoxy) is 1. The molecular weight excluding hydrogens is 352 g/mol. The summed E-state index contributed by atoms with van der Waals surface area (Å²) in [5, 5.41) is 0.610. The molecule has 138 valence electrons. The van der Waals surface area contributed by atoms with Crippen LogP contribution in [0.25, 0.3) is 0 Å². The first-order valence-corrected chi connectivity index (χ1v) is 8.88. The molecular formula is C20H23ClN2O3. The van der Waals surface area contributed by atoms with Crippen LogP contribution >= 0.6 is 11.6 Å². The van der Waals surface area contributed by atoms with Crippen molar-refractivity contribution in [3.05, 3.63) is 64.7 Å². The molecule has 26 heavy (non-hydrogen) atoms. The van der Waals surface area contributed by atoms with Gasteiger partial charge in [0.2, 0.25) is 5.91 Å². The van der Waals surface area contributed by atoms with Gasteiger partial charge >= 0.3 is 0 Å². The molecule has 0 bridgehead atoms. The van der Waals surface area contributed by atoms with Crippen LogP contribution in [0, 0.1) is 5.92 Å². The van der Waals surface area contributed by atoms with Gasteiger partial charge in [0, 0.05) is 10.6 Å². The summed E-state index contributed by atoms with van der Waals surface area (Å²) < 4.78 is 5.61. The van der Waals surface area contributed by atoms with Crippen LogP contribution in [0.2, 0.25) is 5.02 Å². The van der Waals surface area contributed by atoms with Gasteiger partial charge < -0.3 is 4.74 Å². The van der Waals surface area contributed by atoms with Gasteiger partial charge in [-0.3, -0.25) is 20.4 Å². The van der Waals surface area contributed by atoms with Crippen molar-refractivity contribution < 1.29 is 14.3 Å². The molecule has 0 saturated heterocycles. The minimum atomic E-state index is -0.386. The Bertz CT molecular complexity index is 728. The fourth-order valence-electron chi connectivity index (χ4n) is 2.15. The fraction of sp³-hybridized carbons (Fsp3) is 0.300. The largest absolute Gasteiger partial charge is 0.494 e. The normalized spacial score (nSPS) is 10.5. The van der Waals surface area contributed by atoms with Crippen LogP contribution in [-0.2, 0) is 11.2 Å². The number of halogens is 1. The zero-order valence-corrected chi connectivity index (χ0v) is 15.7. The molecule has 0 aromatic heterocycles. The number of rotatable bonds is 7. The van der Waals surface area contributed by atoms with Crippen molar-refractivity contribution >= 4 is 23.4 Å². The summed E-state index contributed by atoms with van der Waals surface area (Å²) in [5.74, 6) is 0.600. The molecule has 0 spiro atoms. The van der Waals surface area contributed by atoms with Gasteiger partial charge in [0.05, 0.1) is 13.0 Å². The van der Waals surface area contributed by atoms with E-state index in [-0.39, 0.29) is 18.2 Å². The Morgan fingerprint density at radius 1 is 1.00 bits per heavy atom. The van der Waals surface area contributed by atoms with Gasteiger partial charge in [-0.25, -0.2) is 0 Å². The Morgan fingerprint density at radius 2 is 1.65 bits per heavy atom. The number of nitrogens with one attached hydrogen (secondary N) is 2. The molecule has 6 heteroatoms. The zero-order chi connectivity index (χ0) is 18.9. The lowest BCUT2D eigenvalue weighted by Gasteiger charge is -2.10. The number of carbonyl (C=O) groups is 2. The molecule has 0 aliphatic carbocycles. The van der Waals surface area contributed by atoms with Gasteiger partial charge in [-0.15, -0.1) is 0 Å². The maximum Gasteiger partial charge on any atom is 0.269 e. The molecule has 0 unspecified atom stereocenters.